The molecule has 0 saturated heterocycles. The molecule has 0 aliphatic rings. The summed E-state index contributed by atoms with van der Waals surface area (Å²) in [5, 5.41) is 14.7. The van der Waals surface area contributed by atoms with E-state index in [2.05, 4.69) is 61.6 Å². The van der Waals surface area contributed by atoms with E-state index in [0.29, 0.717) is 13.2 Å². The van der Waals surface area contributed by atoms with E-state index in [9.17, 15) is 0 Å². The van der Waals surface area contributed by atoms with Gasteiger partial charge in [0.1, 0.15) is 24.5 Å². The Labute approximate surface area is 195 Å². The topological polar surface area (TPSA) is 76.4 Å². The fraction of sp³-hybridized carbons (Fsp3) is 0.318. The van der Waals surface area contributed by atoms with E-state index in [1.807, 2.05) is 30.3 Å². The number of benzene rings is 2. The number of nitrogens with zero attached hydrogens (tertiary/aromatic N) is 4. The third kappa shape index (κ3) is 7.33. The molecule has 0 bridgehead atoms. The number of nitrogens with one attached hydrogen (secondary N) is 2. The average Bonchev–Trinajstić information content (AvgIpc) is 3.23. The molecule has 160 valence electrons. The molecule has 2 aromatic carbocycles. The first-order valence-electron chi connectivity index (χ1n) is 9.85. The third-order valence-electron chi connectivity index (χ3n) is 4.51. The molecule has 3 aromatic rings. The van der Waals surface area contributed by atoms with Crippen molar-refractivity contribution in [1.29, 1.82) is 0 Å². The molecule has 2 N–H and O–H groups in total. The van der Waals surface area contributed by atoms with E-state index in [1.165, 1.54) is 5.56 Å². The molecule has 0 amide bonds. The zero-order chi connectivity index (χ0) is 20.3. The quantitative estimate of drug-likeness (QED) is 0.257. The highest BCUT2D eigenvalue weighted by atomic mass is 127. The average molecular weight is 520 g/mol. The first-order valence-corrected chi connectivity index (χ1v) is 9.85. The van der Waals surface area contributed by atoms with Gasteiger partial charge in [0, 0.05) is 33.1 Å². The number of hydrogen-bond donors (Lipinski definition) is 2. The van der Waals surface area contributed by atoms with Crippen LogP contribution in [0.15, 0.2) is 65.9 Å². The number of rotatable bonds is 9. The zero-order valence-electron chi connectivity index (χ0n) is 17.4. The minimum atomic E-state index is 0. The molecule has 0 aliphatic carbocycles. The van der Waals surface area contributed by atoms with Gasteiger partial charge in [-0.1, -0.05) is 49.4 Å². The smallest absolute Gasteiger partial charge is 0.191 e. The molecule has 0 unspecified atom stereocenters. The second-order valence-corrected chi connectivity index (χ2v) is 6.56. The lowest BCUT2D eigenvalue weighted by Crippen LogP contribution is -2.38. The van der Waals surface area contributed by atoms with Crippen LogP contribution in [-0.2, 0) is 26.1 Å². The summed E-state index contributed by atoms with van der Waals surface area (Å²) in [5.41, 5.74) is 2.32. The summed E-state index contributed by atoms with van der Waals surface area (Å²) in [6.07, 6.45) is 2.64. The van der Waals surface area contributed by atoms with Crippen molar-refractivity contribution in [1.82, 2.24) is 25.4 Å². The van der Waals surface area contributed by atoms with E-state index in [-0.39, 0.29) is 24.0 Å². The van der Waals surface area contributed by atoms with E-state index >= 15 is 0 Å². The van der Waals surface area contributed by atoms with Crippen LogP contribution in [0.3, 0.4) is 0 Å². The number of hydrogen-bond acceptors (Lipinski definition) is 4. The van der Waals surface area contributed by atoms with Crippen molar-refractivity contribution < 1.29 is 4.74 Å². The molecule has 0 radical (unpaired) electrons. The van der Waals surface area contributed by atoms with Gasteiger partial charge in [-0.05, 0) is 23.3 Å². The monoisotopic (exact) mass is 520 g/mol. The van der Waals surface area contributed by atoms with Crippen molar-refractivity contribution >= 4 is 29.9 Å². The first kappa shape index (κ1) is 23.7. The molecule has 0 fully saturated rings. The summed E-state index contributed by atoms with van der Waals surface area (Å²) in [5.74, 6) is 2.64. The van der Waals surface area contributed by atoms with Gasteiger partial charge in [-0.25, -0.2) is 0 Å². The van der Waals surface area contributed by atoms with Crippen LogP contribution in [0.2, 0.25) is 0 Å². The van der Waals surface area contributed by atoms with Gasteiger partial charge >= 0.3 is 0 Å². The van der Waals surface area contributed by atoms with Crippen molar-refractivity contribution in [3.05, 3.63) is 77.9 Å². The molecule has 0 atom stereocenters. The normalized spacial score (nSPS) is 10.9. The molecule has 1 heterocycles. The fourth-order valence-corrected chi connectivity index (χ4v) is 2.88. The third-order valence-corrected chi connectivity index (χ3v) is 4.51. The molecule has 7 nitrogen and oxygen atoms in total. The Bertz CT molecular complexity index is 896. The Morgan fingerprint density at radius 3 is 2.47 bits per heavy atom. The number of para-hydroxylation sites is 1. The Balaban J connectivity index is 0.00000320. The van der Waals surface area contributed by atoms with Crippen LogP contribution in [0.1, 0.15) is 23.9 Å². The van der Waals surface area contributed by atoms with Crippen LogP contribution in [0, 0.1) is 0 Å². The summed E-state index contributed by atoms with van der Waals surface area (Å²) >= 11 is 0. The van der Waals surface area contributed by atoms with E-state index in [1.54, 1.807) is 13.4 Å². The van der Waals surface area contributed by atoms with Gasteiger partial charge < -0.3 is 19.9 Å². The van der Waals surface area contributed by atoms with Gasteiger partial charge in [0.15, 0.2) is 5.96 Å². The molecule has 1 aromatic heterocycles. The molecule has 30 heavy (non-hydrogen) atoms. The van der Waals surface area contributed by atoms with Gasteiger partial charge in [0.25, 0.3) is 0 Å². The Morgan fingerprint density at radius 2 is 1.77 bits per heavy atom. The lowest BCUT2D eigenvalue weighted by atomic mass is 10.1. The lowest BCUT2D eigenvalue weighted by Gasteiger charge is -2.13. The van der Waals surface area contributed by atoms with Gasteiger partial charge in [0.2, 0.25) is 0 Å². The number of aliphatic imine (C=N–C) groups is 1. The molecule has 8 heteroatoms. The van der Waals surface area contributed by atoms with Crippen molar-refractivity contribution in [2.75, 3.05) is 13.6 Å². The number of ether oxygens (including phenoxy) is 1. The van der Waals surface area contributed by atoms with Gasteiger partial charge in [-0.3, -0.25) is 4.99 Å². The maximum atomic E-state index is 5.78. The standard InChI is InChI=1S/C22H28N6O.HI/c1-3-21-27-26-17-28(21)14-13-24-22(23-2)25-15-18-9-11-19(12-10-18)16-29-20-7-5-4-6-8-20;/h4-12,17H,3,13-16H2,1-2H3,(H2,23,24,25);1H. The van der Waals surface area contributed by atoms with E-state index in [4.69, 9.17) is 4.74 Å². The van der Waals surface area contributed by atoms with Crippen LogP contribution >= 0.6 is 24.0 Å². The predicted molar refractivity (Wildman–Crippen MR) is 130 cm³/mol. The maximum Gasteiger partial charge on any atom is 0.191 e. The summed E-state index contributed by atoms with van der Waals surface area (Å²) in [7, 11) is 1.77. The minimum absolute atomic E-state index is 0. The van der Waals surface area contributed by atoms with Crippen LogP contribution < -0.4 is 15.4 Å². The second kappa shape index (κ2) is 12.8. The Hall–Kier alpha value is -2.62. The van der Waals surface area contributed by atoms with Crippen molar-refractivity contribution in [2.24, 2.45) is 4.99 Å². The predicted octanol–water partition coefficient (Wildman–Crippen LogP) is 3.40. The number of guanidine groups is 1. The van der Waals surface area contributed by atoms with Crippen LogP contribution in [0.5, 0.6) is 5.75 Å². The summed E-state index contributed by atoms with van der Waals surface area (Å²) in [4.78, 5) is 4.28. The molecular formula is C22H29IN6O. The fourth-order valence-electron chi connectivity index (χ4n) is 2.88. The van der Waals surface area contributed by atoms with Gasteiger partial charge in [0.05, 0.1) is 0 Å². The number of aryl methyl sites for hydroxylation is 1. The van der Waals surface area contributed by atoms with Crippen LogP contribution in [0.4, 0.5) is 0 Å². The van der Waals surface area contributed by atoms with E-state index < -0.39 is 0 Å². The maximum absolute atomic E-state index is 5.78. The van der Waals surface area contributed by atoms with Crippen molar-refractivity contribution in [2.45, 2.75) is 33.0 Å². The number of aromatic nitrogens is 3. The van der Waals surface area contributed by atoms with Gasteiger partial charge in [-0.15, -0.1) is 34.2 Å². The van der Waals surface area contributed by atoms with Crippen molar-refractivity contribution in [3.63, 3.8) is 0 Å². The zero-order valence-corrected chi connectivity index (χ0v) is 19.7. The first-order chi connectivity index (χ1) is 14.3. The Morgan fingerprint density at radius 1 is 1.03 bits per heavy atom. The molecule has 0 aliphatic heterocycles. The van der Waals surface area contributed by atoms with Crippen molar-refractivity contribution in [3.8, 4) is 5.75 Å². The summed E-state index contributed by atoms with van der Waals surface area (Å²) < 4.78 is 7.84. The summed E-state index contributed by atoms with van der Waals surface area (Å²) in [6.45, 7) is 4.89. The van der Waals surface area contributed by atoms with E-state index in [0.717, 1.165) is 42.6 Å². The van der Waals surface area contributed by atoms with Crippen LogP contribution in [-0.4, -0.2) is 34.3 Å². The largest absolute Gasteiger partial charge is 0.489 e. The molecule has 0 saturated carbocycles. The minimum Gasteiger partial charge on any atom is -0.489 e. The van der Waals surface area contributed by atoms with Gasteiger partial charge in [-0.2, -0.15) is 0 Å². The molecule has 0 spiro atoms. The van der Waals surface area contributed by atoms with Crippen LogP contribution in [0.25, 0.3) is 0 Å². The second-order valence-electron chi connectivity index (χ2n) is 6.56. The highest BCUT2D eigenvalue weighted by Crippen LogP contribution is 2.12. The molecular weight excluding hydrogens is 491 g/mol. The lowest BCUT2D eigenvalue weighted by molar-refractivity contribution is 0.306. The Kier molecular flexibility index (Phi) is 10.1. The highest BCUT2D eigenvalue weighted by molar-refractivity contribution is 14.0. The number of halogens is 1. The molecule has 3 rings (SSSR count). The summed E-state index contributed by atoms with van der Waals surface area (Å²) in [6, 6.07) is 18.2. The highest BCUT2D eigenvalue weighted by Gasteiger charge is 2.03. The SMILES string of the molecule is CCc1nncn1CCNC(=NC)NCc1ccc(COc2ccccc2)cc1.I.